The van der Waals surface area contributed by atoms with E-state index in [-0.39, 0.29) is 5.91 Å². The lowest BCUT2D eigenvalue weighted by molar-refractivity contribution is -0.116. The van der Waals surface area contributed by atoms with Crippen molar-refractivity contribution in [2.24, 2.45) is 0 Å². The molecule has 1 saturated carbocycles. The lowest BCUT2D eigenvalue weighted by atomic mass is 9.98. The van der Waals surface area contributed by atoms with E-state index in [4.69, 9.17) is 4.74 Å². The molecule has 0 atom stereocenters. The number of nitrogens with zero attached hydrogens (tertiary/aromatic N) is 1. The number of hydrogen-bond donors (Lipinski definition) is 1. The minimum atomic E-state index is -0.0710. The van der Waals surface area contributed by atoms with E-state index in [1.165, 1.54) is 38.2 Å². The van der Waals surface area contributed by atoms with E-state index in [1.807, 2.05) is 12.3 Å². The average Bonchev–Trinajstić information content (AvgIpc) is 2.91. The standard InChI is InChI=1S/C16H24N2O2S/c1-13-18-14(12-21-13)8-9-16(19)17-10-5-11-20-15-6-3-2-4-7-15/h8-9,12,15H,2-7,10-11H2,1H3,(H,17,19)/b9-8+. The highest BCUT2D eigenvalue weighted by atomic mass is 32.1. The molecule has 0 aliphatic heterocycles. The Morgan fingerprint density at radius 1 is 1.48 bits per heavy atom. The highest BCUT2D eigenvalue weighted by Crippen LogP contribution is 2.20. The number of rotatable bonds is 7. The summed E-state index contributed by atoms with van der Waals surface area (Å²) in [5, 5.41) is 5.82. The number of carbonyl (C=O) groups is 1. The lowest BCUT2D eigenvalue weighted by Gasteiger charge is -2.21. The molecule has 0 aromatic carbocycles. The number of nitrogens with one attached hydrogen (secondary N) is 1. The molecule has 1 aromatic heterocycles. The Kier molecular flexibility index (Phi) is 6.89. The SMILES string of the molecule is Cc1nc(/C=C/C(=O)NCCCOC2CCCCC2)cs1. The van der Waals surface area contributed by atoms with Crippen molar-refractivity contribution in [3.05, 3.63) is 22.2 Å². The van der Waals surface area contributed by atoms with E-state index < -0.39 is 0 Å². The minimum absolute atomic E-state index is 0.0710. The third kappa shape index (κ3) is 6.40. The van der Waals surface area contributed by atoms with Gasteiger partial charge in [-0.05, 0) is 32.3 Å². The summed E-state index contributed by atoms with van der Waals surface area (Å²) in [6.07, 6.45) is 10.9. The Bertz CT molecular complexity index is 465. The zero-order valence-electron chi connectivity index (χ0n) is 12.6. The first-order chi connectivity index (χ1) is 10.2. The summed E-state index contributed by atoms with van der Waals surface area (Å²) < 4.78 is 5.82. The molecular weight excluding hydrogens is 284 g/mol. The molecule has 5 heteroatoms. The van der Waals surface area contributed by atoms with Crippen LogP contribution in [0.15, 0.2) is 11.5 Å². The van der Waals surface area contributed by atoms with Gasteiger partial charge < -0.3 is 10.1 Å². The number of amides is 1. The van der Waals surface area contributed by atoms with Crippen molar-refractivity contribution >= 4 is 23.3 Å². The van der Waals surface area contributed by atoms with E-state index in [9.17, 15) is 4.79 Å². The third-order valence-corrected chi connectivity index (χ3v) is 4.36. The number of aryl methyl sites for hydroxylation is 1. The van der Waals surface area contributed by atoms with Crippen LogP contribution in [0.4, 0.5) is 0 Å². The molecular formula is C16H24N2O2S. The number of hydrogen-bond acceptors (Lipinski definition) is 4. The molecule has 1 amide bonds. The highest BCUT2D eigenvalue weighted by Gasteiger charge is 2.12. The molecule has 2 rings (SSSR count). The van der Waals surface area contributed by atoms with Crippen LogP contribution in [0, 0.1) is 6.92 Å². The van der Waals surface area contributed by atoms with Gasteiger partial charge in [-0.25, -0.2) is 4.98 Å². The molecule has 21 heavy (non-hydrogen) atoms. The van der Waals surface area contributed by atoms with E-state index >= 15 is 0 Å². The third-order valence-electron chi connectivity index (χ3n) is 3.57. The van der Waals surface area contributed by atoms with Gasteiger partial charge in [0.25, 0.3) is 0 Å². The number of ether oxygens (including phenoxy) is 1. The van der Waals surface area contributed by atoms with Gasteiger partial charge in [0.05, 0.1) is 16.8 Å². The average molecular weight is 308 g/mol. The van der Waals surface area contributed by atoms with Crippen molar-refractivity contribution in [2.75, 3.05) is 13.2 Å². The predicted molar refractivity (Wildman–Crippen MR) is 86.3 cm³/mol. The van der Waals surface area contributed by atoms with Crippen molar-refractivity contribution in [3.63, 3.8) is 0 Å². The second-order valence-corrected chi connectivity index (χ2v) is 6.46. The fraction of sp³-hybridized carbons (Fsp3) is 0.625. The first-order valence-corrected chi connectivity index (χ1v) is 8.61. The summed E-state index contributed by atoms with van der Waals surface area (Å²) in [5.41, 5.74) is 0.841. The first-order valence-electron chi connectivity index (χ1n) is 7.73. The van der Waals surface area contributed by atoms with E-state index in [0.29, 0.717) is 12.6 Å². The summed E-state index contributed by atoms with van der Waals surface area (Å²) in [6, 6.07) is 0. The van der Waals surface area contributed by atoms with Crippen LogP contribution in [0.1, 0.15) is 49.2 Å². The summed E-state index contributed by atoms with van der Waals surface area (Å²) in [6.45, 7) is 3.35. The molecule has 1 aliphatic carbocycles. The summed E-state index contributed by atoms with van der Waals surface area (Å²) >= 11 is 1.58. The molecule has 0 bridgehead atoms. The molecule has 0 spiro atoms. The fourth-order valence-corrected chi connectivity index (χ4v) is 3.02. The zero-order chi connectivity index (χ0) is 14.9. The Morgan fingerprint density at radius 3 is 3.00 bits per heavy atom. The summed E-state index contributed by atoms with van der Waals surface area (Å²) in [5.74, 6) is -0.0710. The maximum Gasteiger partial charge on any atom is 0.244 e. The van der Waals surface area contributed by atoms with Crippen molar-refractivity contribution in [1.29, 1.82) is 0 Å². The number of thiazole rings is 1. The molecule has 1 fully saturated rings. The van der Waals surface area contributed by atoms with Gasteiger partial charge >= 0.3 is 0 Å². The largest absolute Gasteiger partial charge is 0.378 e. The molecule has 0 radical (unpaired) electrons. The molecule has 1 aromatic rings. The zero-order valence-corrected chi connectivity index (χ0v) is 13.5. The van der Waals surface area contributed by atoms with Crippen molar-refractivity contribution in [3.8, 4) is 0 Å². The molecule has 1 N–H and O–H groups in total. The smallest absolute Gasteiger partial charge is 0.244 e. The maximum absolute atomic E-state index is 11.6. The first kappa shape index (κ1) is 16.2. The van der Waals surface area contributed by atoms with Gasteiger partial charge in [0.15, 0.2) is 0 Å². The minimum Gasteiger partial charge on any atom is -0.378 e. The van der Waals surface area contributed by atoms with Crippen LogP contribution >= 0.6 is 11.3 Å². The molecule has 1 heterocycles. The molecule has 0 saturated heterocycles. The van der Waals surface area contributed by atoms with Gasteiger partial charge in [-0.15, -0.1) is 11.3 Å². The molecule has 116 valence electrons. The maximum atomic E-state index is 11.6. The normalized spacial score (nSPS) is 16.4. The van der Waals surface area contributed by atoms with Crippen LogP contribution in [0.5, 0.6) is 0 Å². The van der Waals surface area contributed by atoms with Crippen molar-refractivity contribution in [2.45, 2.75) is 51.6 Å². The van der Waals surface area contributed by atoms with Gasteiger partial charge in [-0.1, -0.05) is 19.3 Å². The van der Waals surface area contributed by atoms with E-state index in [1.54, 1.807) is 17.4 Å². The fourth-order valence-electron chi connectivity index (χ4n) is 2.44. The molecule has 0 unspecified atom stereocenters. The number of carbonyl (C=O) groups excluding carboxylic acids is 1. The van der Waals surface area contributed by atoms with Gasteiger partial charge in [0.1, 0.15) is 0 Å². The van der Waals surface area contributed by atoms with Gasteiger partial charge in [-0.2, -0.15) is 0 Å². The predicted octanol–water partition coefficient (Wildman–Crippen LogP) is 3.32. The summed E-state index contributed by atoms with van der Waals surface area (Å²) in [7, 11) is 0. The second kappa shape index (κ2) is 8.95. The number of aromatic nitrogens is 1. The Labute approximate surface area is 130 Å². The van der Waals surface area contributed by atoms with Crippen LogP contribution in [0.25, 0.3) is 6.08 Å². The van der Waals surface area contributed by atoms with E-state index in [2.05, 4.69) is 10.3 Å². The Balaban J connectivity index is 1.53. The monoisotopic (exact) mass is 308 g/mol. The van der Waals surface area contributed by atoms with Crippen LogP contribution in [0.2, 0.25) is 0 Å². The quantitative estimate of drug-likeness (QED) is 0.621. The second-order valence-electron chi connectivity index (χ2n) is 5.40. The Morgan fingerprint density at radius 2 is 2.29 bits per heavy atom. The van der Waals surface area contributed by atoms with Crippen molar-refractivity contribution in [1.82, 2.24) is 10.3 Å². The van der Waals surface area contributed by atoms with Gasteiger partial charge in [-0.3, -0.25) is 4.79 Å². The lowest BCUT2D eigenvalue weighted by Crippen LogP contribution is -2.24. The molecule has 4 nitrogen and oxygen atoms in total. The van der Waals surface area contributed by atoms with Crippen LogP contribution in [0.3, 0.4) is 0 Å². The van der Waals surface area contributed by atoms with Crippen LogP contribution in [-0.4, -0.2) is 30.1 Å². The molecule has 1 aliphatic rings. The summed E-state index contributed by atoms with van der Waals surface area (Å²) in [4.78, 5) is 15.9. The van der Waals surface area contributed by atoms with Crippen molar-refractivity contribution < 1.29 is 9.53 Å². The van der Waals surface area contributed by atoms with E-state index in [0.717, 1.165) is 23.7 Å². The van der Waals surface area contributed by atoms with Crippen LogP contribution in [-0.2, 0) is 9.53 Å². The van der Waals surface area contributed by atoms with Gasteiger partial charge in [0.2, 0.25) is 5.91 Å². The van der Waals surface area contributed by atoms with Crippen LogP contribution < -0.4 is 5.32 Å². The van der Waals surface area contributed by atoms with Gasteiger partial charge in [0, 0.05) is 24.6 Å². The highest BCUT2D eigenvalue weighted by molar-refractivity contribution is 7.09. The topological polar surface area (TPSA) is 51.2 Å². The Hall–Kier alpha value is -1.20.